The molecule has 0 unspecified atom stereocenters. The number of hydrogen-bond donors (Lipinski definition) is 2. The summed E-state index contributed by atoms with van der Waals surface area (Å²) in [7, 11) is 0. The first-order valence-corrected chi connectivity index (χ1v) is 8.76. The van der Waals surface area contributed by atoms with Crippen molar-refractivity contribution in [2.24, 2.45) is 10.2 Å². The Labute approximate surface area is 161 Å². The van der Waals surface area contributed by atoms with E-state index in [9.17, 15) is 9.59 Å². The van der Waals surface area contributed by atoms with Gasteiger partial charge < -0.3 is 0 Å². The molecule has 2 aromatic carbocycles. The van der Waals surface area contributed by atoms with Crippen molar-refractivity contribution < 1.29 is 9.59 Å². The van der Waals surface area contributed by atoms with E-state index in [1.807, 2.05) is 48.5 Å². The van der Waals surface area contributed by atoms with E-state index in [4.69, 9.17) is 0 Å². The van der Waals surface area contributed by atoms with Crippen LogP contribution in [0.15, 0.2) is 67.7 Å². The van der Waals surface area contributed by atoms with Gasteiger partial charge >= 0.3 is 0 Å². The van der Waals surface area contributed by atoms with Gasteiger partial charge in [-0.05, 0) is 35.4 Å². The number of hydrazone groups is 2. The molecule has 0 heterocycles. The third-order valence-electron chi connectivity index (χ3n) is 2.82. The van der Waals surface area contributed by atoms with Crippen molar-refractivity contribution in [2.75, 3.05) is 0 Å². The summed E-state index contributed by atoms with van der Waals surface area (Å²) in [5.41, 5.74) is 6.22. The molecule has 6 nitrogen and oxygen atoms in total. The van der Waals surface area contributed by atoms with E-state index in [-0.39, 0.29) is 6.42 Å². The van der Waals surface area contributed by atoms with Gasteiger partial charge in [-0.1, -0.05) is 56.1 Å². The maximum absolute atomic E-state index is 11.6. The van der Waals surface area contributed by atoms with Gasteiger partial charge in [0.1, 0.15) is 6.42 Å². The average Bonchev–Trinajstić information content (AvgIpc) is 2.55. The Morgan fingerprint density at radius 2 is 1.28 bits per heavy atom. The van der Waals surface area contributed by atoms with Crippen molar-refractivity contribution in [1.29, 1.82) is 0 Å². The Morgan fingerprint density at radius 3 is 1.68 bits per heavy atom. The van der Waals surface area contributed by atoms with E-state index in [0.717, 1.165) is 20.1 Å². The van der Waals surface area contributed by atoms with Crippen molar-refractivity contribution in [3.63, 3.8) is 0 Å². The van der Waals surface area contributed by atoms with Crippen LogP contribution in [0.1, 0.15) is 17.5 Å². The highest BCUT2D eigenvalue weighted by molar-refractivity contribution is 9.10. The Balaban J connectivity index is 1.75. The number of carbonyl (C=O) groups is 2. The molecule has 0 bridgehead atoms. The lowest BCUT2D eigenvalue weighted by atomic mass is 10.2. The molecule has 0 aliphatic rings. The zero-order chi connectivity index (χ0) is 18.1. The normalized spacial score (nSPS) is 11.0. The number of nitrogens with zero attached hydrogens (tertiary/aromatic N) is 2. The van der Waals surface area contributed by atoms with Crippen LogP contribution in [0.2, 0.25) is 0 Å². The van der Waals surface area contributed by atoms with Crippen LogP contribution in [0.25, 0.3) is 0 Å². The highest BCUT2D eigenvalue weighted by Crippen LogP contribution is 2.10. The average molecular weight is 466 g/mol. The molecule has 0 fully saturated rings. The standard InChI is InChI=1S/C17H14Br2N4O2/c18-14-5-1-3-12(7-14)10-20-22-16(24)9-17(25)23-21-11-13-4-2-6-15(19)8-13/h1-8,10-11H,9H2,(H,22,24)(H,23,25)/b20-10-,21-11-. The molecule has 25 heavy (non-hydrogen) atoms. The summed E-state index contributed by atoms with van der Waals surface area (Å²) in [6, 6.07) is 14.8. The van der Waals surface area contributed by atoms with Gasteiger partial charge in [0.25, 0.3) is 0 Å². The molecule has 0 atom stereocenters. The fourth-order valence-electron chi connectivity index (χ4n) is 1.76. The molecule has 0 spiro atoms. The van der Waals surface area contributed by atoms with E-state index < -0.39 is 11.8 Å². The second-order valence-electron chi connectivity index (χ2n) is 4.87. The van der Waals surface area contributed by atoms with Gasteiger partial charge in [0.15, 0.2) is 0 Å². The van der Waals surface area contributed by atoms with Crippen LogP contribution in [-0.2, 0) is 9.59 Å². The molecule has 0 aromatic heterocycles. The smallest absolute Gasteiger partial charge is 0.249 e. The van der Waals surface area contributed by atoms with Crippen LogP contribution < -0.4 is 10.9 Å². The molecule has 128 valence electrons. The van der Waals surface area contributed by atoms with Crippen molar-refractivity contribution >= 4 is 56.1 Å². The fourth-order valence-corrected chi connectivity index (χ4v) is 2.59. The van der Waals surface area contributed by atoms with Gasteiger partial charge in [-0.15, -0.1) is 0 Å². The van der Waals surface area contributed by atoms with Crippen LogP contribution in [0.5, 0.6) is 0 Å². The summed E-state index contributed by atoms with van der Waals surface area (Å²) in [6.07, 6.45) is 2.61. The van der Waals surface area contributed by atoms with Gasteiger partial charge in [0.2, 0.25) is 11.8 Å². The molecule has 0 saturated carbocycles. The van der Waals surface area contributed by atoms with Gasteiger partial charge in [0, 0.05) is 8.95 Å². The third kappa shape index (κ3) is 7.40. The first kappa shape index (κ1) is 19.0. The third-order valence-corrected chi connectivity index (χ3v) is 3.81. The number of rotatable bonds is 6. The second kappa shape index (κ2) is 9.85. The monoisotopic (exact) mass is 464 g/mol. The minimum Gasteiger partial charge on any atom is -0.273 e. The summed E-state index contributed by atoms with van der Waals surface area (Å²) >= 11 is 6.69. The van der Waals surface area contributed by atoms with Crippen LogP contribution in [0.3, 0.4) is 0 Å². The number of amides is 2. The number of halogens is 2. The van der Waals surface area contributed by atoms with Crippen molar-refractivity contribution in [3.05, 3.63) is 68.6 Å². The van der Waals surface area contributed by atoms with Crippen LogP contribution in [-0.4, -0.2) is 24.2 Å². The topological polar surface area (TPSA) is 82.9 Å². The maximum Gasteiger partial charge on any atom is 0.249 e. The fraction of sp³-hybridized carbons (Fsp3) is 0.0588. The first-order valence-electron chi connectivity index (χ1n) is 7.18. The molecule has 0 radical (unpaired) electrons. The summed E-state index contributed by atoms with van der Waals surface area (Å²) in [5.74, 6) is -1.05. The van der Waals surface area contributed by atoms with Crippen LogP contribution >= 0.6 is 31.9 Å². The lowest BCUT2D eigenvalue weighted by molar-refractivity contribution is -0.129. The number of carbonyl (C=O) groups excluding carboxylic acids is 2. The Hall–Kier alpha value is -2.32. The molecule has 2 N–H and O–H groups in total. The van der Waals surface area contributed by atoms with Crippen LogP contribution in [0.4, 0.5) is 0 Å². The predicted octanol–water partition coefficient (Wildman–Crippen LogP) is 3.20. The van der Waals surface area contributed by atoms with E-state index in [2.05, 4.69) is 52.9 Å². The van der Waals surface area contributed by atoms with Gasteiger partial charge in [-0.25, -0.2) is 10.9 Å². The molecule has 2 rings (SSSR count). The summed E-state index contributed by atoms with van der Waals surface area (Å²) in [6.45, 7) is 0. The van der Waals surface area contributed by atoms with Crippen molar-refractivity contribution in [3.8, 4) is 0 Å². The maximum atomic E-state index is 11.6. The summed E-state index contributed by atoms with van der Waals surface area (Å²) in [4.78, 5) is 23.3. The van der Waals surface area contributed by atoms with E-state index in [1.165, 1.54) is 12.4 Å². The van der Waals surface area contributed by atoms with Gasteiger partial charge in [-0.2, -0.15) is 10.2 Å². The molecular formula is C17H14Br2N4O2. The van der Waals surface area contributed by atoms with Crippen LogP contribution in [0, 0.1) is 0 Å². The molecule has 8 heteroatoms. The molecule has 0 aliphatic carbocycles. The lowest BCUT2D eigenvalue weighted by Gasteiger charge is -2.00. The molecule has 0 aliphatic heterocycles. The minimum atomic E-state index is -0.526. The lowest BCUT2D eigenvalue weighted by Crippen LogP contribution is -2.27. The molecule has 2 aromatic rings. The highest BCUT2D eigenvalue weighted by Gasteiger charge is 2.07. The van der Waals surface area contributed by atoms with E-state index in [1.54, 1.807) is 0 Å². The van der Waals surface area contributed by atoms with Crippen molar-refractivity contribution in [1.82, 2.24) is 10.9 Å². The SMILES string of the molecule is O=C(CC(=O)N/N=C\c1cccc(Br)c1)N/N=C\c1cccc(Br)c1. The largest absolute Gasteiger partial charge is 0.273 e. The molecule has 0 saturated heterocycles. The Morgan fingerprint density at radius 1 is 0.840 bits per heavy atom. The van der Waals surface area contributed by atoms with Gasteiger partial charge in [-0.3, -0.25) is 9.59 Å². The predicted molar refractivity (Wildman–Crippen MR) is 104 cm³/mol. The quantitative estimate of drug-likeness (QED) is 0.390. The summed E-state index contributed by atoms with van der Waals surface area (Å²) in [5, 5.41) is 7.61. The summed E-state index contributed by atoms with van der Waals surface area (Å²) < 4.78 is 1.82. The van der Waals surface area contributed by atoms with Gasteiger partial charge in [0.05, 0.1) is 12.4 Å². The number of benzene rings is 2. The Bertz CT molecular complexity index is 754. The number of hydrogen-bond acceptors (Lipinski definition) is 4. The number of nitrogens with one attached hydrogen (secondary N) is 2. The zero-order valence-electron chi connectivity index (χ0n) is 12.9. The first-order chi connectivity index (χ1) is 12.0. The molecule has 2 amide bonds. The van der Waals surface area contributed by atoms with E-state index in [0.29, 0.717) is 0 Å². The van der Waals surface area contributed by atoms with E-state index >= 15 is 0 Å². The second-order valence-corrected chi connectivity index (χ2v) is 6.70. The minimum absolute atomic E-state index is 0.369. The molecular weight excluding hydrogens is 452 g/mol. The Kier molecular flexibility index (Phi) is 7.49. The highest BCUT2D eigenvalue weighted by atomic mass is 79.9. The van der Waals surface area contributed by atoms with Crippen molar-refractivity contribution in [2.45, 2.75) is 6.42 Å². The zero-order valence-corrected chi connectivity index (χ0v) is 16.1.